The molecule has 1 aromatic carbocycles. The highest BCUT2D eigenvalue weighted by molar-refractivity contribution is 6.33. The van der Waals surface area contributed by atoms with Gasteiger partial charge < -0.3 is 5.73 Å². The number of urea groups is 1. The highest BCUT2D eigenvalue weighted by atomic mass is 35.5. The number of nitriles is 1. The van der Waals surface area contributed by atoms with Crippen LogP contribution < -0.4 is 15.8 Å². The molecule has 22 heavy (non-hydrogen) atoms. The molecule has 2 N–H and O–H groups in total. The van der Waals surface area contributed by atoms with Crippen LogP contribution in [0, 0.1) is 23.3 Å². The van der Waals surface area contributed by atoms with Gasteiger partial charge in [-0.25, -0.2) is 9.18 Å². The van der Waals surface area contributed by atoms with E-state index in [0.29, 0.717) is 5.56 Å². The molecule has 0 saturated carbocycles. The molecule has 8 heteroatoms. The third-order valence-electron chi connectivity index (χ3n) is 3.22. The van der Waals surface area contributed by atoms with Gasteiger partial charge in [0.05, 0.1) is 35.2 Å². The van der Waals surface area contributed by atoms with Crippen molar-refractivity contribution in [2.45, 2.75) is 6.54 Å². The molecule has 0 fully saturated rings. The molecule has 1 aromatic heterocycles. The standard InChI is InChI=1S/C14H8ClFN5O/c15-10-3-1-2-8(4-17)12(10)20-7-9-5-19-6-11(16)13(9)21(20)14(18)22/h1-3,6H,7H2,(H2,18,22). The number of carbonyl (C=O) groups is 1. The summed E-state index contributed by atoms with van der Waals surface area (Å²) in [6, 6.07) is 5.81. The summed E-state index contributed by atoms with van der Waals surface area (Å²) in [4.78, 5) is 15.4. The molecule has 0 unspecified atom stereocenters. The number of hydrogen-bond acceptors (Lipinski definition) is 4. The molecule has 0 saturated heterocycles. The van der Waals surface area contributed by atoms with E-state index in [4.69, 9.17) is 17.3 Å². The summed E-state index contributed by atoms with van der Waals surface area (Å²) in [5, 5.41) is 11.8. The van der Waals surface area contributed by atoms with Crippen molar-refractivity contribution in [2.24, 2.45) is 5.73 Å². The van der Waals surface area contributed by atoms with Crippen molar-refractivity contribution in [1.29, 1.82) is 5.26 Å². The number of halogens is 2. The van der Waals surface area contributed by atoms with Crippen LogP contribution >= 0.6 is 11.6 Å². The summed E-state index contributed by atoms with van der Waals surface area (Å²) in [7, 11) is 0. The maximum atomic E-state index is 14.0. The average molecular weight is 317 g/mol. The van der Waals surface area contributed by atoms with Gasteiger partial charge in [0.25, 0.3) is 0 Å². The summed E-state index contributed by atoms with van der Waals surface area (Å²) < 4.78 is 14.0. The minimum Gasteiger partial charge on any atom is -0.350 e. The summed E-state index contributed by atoms with van der Waals surface area (Å²) in [5.41, 5.74) is 6.19. The fraction of sp³-hybridized carbons (Fsp3) is 0.0714. The Morgan fingerprint density at radius 2 is 2.27 bits per heavy atom. The van der Waals surface area contributed by atoms with E-state index in [-0.39, 0.29) is 28.5 Å². The number of carbonyl (C=O) groups excluding carboxylic acids is 1. The monoisotopic (exact) mass is 316 g/mol. The van der Waals surface area contributed by atoms with Crippen LogP contribution in [0.15, 0.2) is 24.4 Å². The molecule has 2 heterocycles. The minimum atomic E-state index is -0.902. The Labute approximate surface area is 130 Å². The molecule has 1 aliphatic heterocycles. The molecular formula is C14H8ClFN5O. The van der Waals surface area contributed by atoms with Gasteiger partial charge in [-0.3, -0.25) is 9.99 Å². The quantitative estimate of drug-likeness (QED) is 0.875. The zero-order chi connectivity index (χ0) is 15.9. The summed E-state index contributed by atoms with van der Waals surface area (Å²) >= 11 is 6.15. The van der Waals surface area contributed by atoms with Crippen LogP contribution in [0.2, 0.25) is 5.02 Å². The van der Waals surface area contributed by atoms with Gasteiger partial charge in [0.2, 0.25) is 0 Å². The van der Waals surface area contributed by atoms with E-state index in [1.165, 1.54) is 5.01 Å². The molecule has 2 amide bonds. The number of pyridine rings is 1. The van der Waals surface area contributed by atoms with Crippen molar-refractivity contribution in [3.05, 3.63) is 52.6 Å². The van der Waals surface area contributed by atoms with Crippen LogP contribution in [-0.2, 0) is 6.54 Å². The Kier molecular flexibility index (Phi) is 3.31. The van der Waals surface area contributed by atoms with Crippen molar-refractivity contribution in [3.8, 4) is 6.07 Å². The Hall–Kier alpha value is -2.85. The van der Waals surface area contributed by atoms with Crippen LogP contribution in [-0.4, -0.2) is 11.0 Å². The molecule has 1 radical (unpaired) electrons. The second kappa shape index (κ2) is 5.16. The van der Waals surface area contributed by atoms with Crippen molar-refractivity contribution >= 4 is 29.0 Å². The number of benzene rings is 1. The number of fused-ring (bicyclic) bond motifs is 1. The van der Waals surface area contributed by atoms with Crippen molar-refractivity contribution in [3.63, 3.8) is 0 Å². The number of aromatic nitrogens is 1. The van der Waals surface area contributed by atoms with Gasteiger partial charge >= 0.3 is 6.03 Å². The smallest absolute Gasteiger partial charge is 0.338 e. The number of para-hydroxylation sites is 1. The van der Waals surface area contributed by atoms with Crippen molar-refractivity contribution in [2.75, 3.05) is 10.0 Å². The SMILES string of the molecule is N#Cc1cccc(Cl)c1N1Cc2[c]ncc(F)c2N1C(N)=O. The minimum absolute atomic E-state index is 0.0358. The molecule has 1 aliphatic rings. The van der Waals surface area contributed by atoms with E-state index in [9.17, 15) is 14.4 Å². The van der Waals surface area contributed by atoms with E-state index in [1.54, 1.807) is 18.2 Å². The Bertz CT molecular complexity index is 819. The first-order chi connectivity index (χ1) is 10.5. The highest BCUT2D eigenvalue weighted by Crippen LogP contribution is 2.40. The van der Waals surface area contributed by atoms with Crippen molar-refractivity contribution in [1.82, 2.24) is 4.98 Å². The van der Waals surface area contributed by atoms with E-state index in [1.807, 2.05) is 6.07 Å². The molecule has 3 rings (SSSR count). The lowest BCUT2D eigenvalue weighted by atomic mass is 10.2. The Balaban J connectivity index is 2.21. The first-order valence-electron chi connectivity index (χ1n) is 6.15. The van der Waals surface area contributed by atoms with E-state index in [0.717, 1.165) is 11.2 Å². The van der Waals surface area contributed by atoms with Gasteiger partial charge in [-0.1, -0.05) is 17.7 Å². The summed E-state index contributed by atoms with van der Waals surface area (Å²) in [5.74, 6) is -0.708. The Morgan fingerprint density at radius 1 is 1.50 bits per heavy atom. The second-order valence-electron chi connectivity index (χ2n) is 4.50. The molecule has 0 bridgehead atoms. The van der Waals surface area contributed by atoms with Gasteiger partial charge in [0.15, 0.2) is 5.82 Å². The van der Waals surface area contributed by atoms with Crippen LogP contribution in [0.5, 0.6) is 0 Å². The maximum Gasteiger partial charge on any atom is 0.338 e. The molecule has 0 spiro atoms. The van der Waals surface area contributed by atoms with Crippen LogP contribution in [0.1, 0.15) is 11.1 Å². The number of rotatable bonds is 1. The van der Waals surface area contributed by atoms with Gasteiger partial charge in [-0.15, -0.1) is 0 Å². The third-order valence-corrected chi connectivity index (χ3v) is 3.53. The first-order valence-corrected chi connectivity index (χ1v) is 6.53. The van der Waals surface area contributed by atoms with Crippen LogP contribution in [0.3, 0.4) is 0 Å². The van der Waals surface area contributed by atoms with E-state index < -0.39 is 11.8 Å². The number of primary amides is 1. The number of amides is 2. The third kappa shape index (κ3) is 2.01. The van der Waals surface area contributed by atoms with Crippen LogP contribution in [0.25, 0.3) is 0 Å². The van der Waals surface area contributed by atoms with E-state index >= 15 is 0 Å². The Morgan fingerprint density at radius 3 is 2.95 bits per heavy atom. The molecule has 109 valence electrons. The molecule has 6 nitrogen and oxygen atoms in total. The largest absolute Gasteiger partial charge is 0.350 e. The predicted octanol–water partition coefficient (Wildman–Crippen LogP) is 2.37. The molecular weight excluding hydrogens is 309 g/mol. The van der Waals surface area contributed by atoms with Gasteiger partial charge in [0.1, 0.15) is 11.8 Å². The highest BCUT2D eigenvalue weighted by Gasteiger charge is 2.36. The maximum absolute atomic E-state index is 14.0. The number of hydrogen-bond donors (Lipinski definition) is 1. The predicted molar refractivity (Wildman–Crippen MR) is 77.4 cm³/mol. The first kappa shape index (κ1) is 14.1. The summed E-state index contributed by atoms with van der Waals surface area (Å²) in [6.07, 6.45) is 3.56. The zero-order valence-corrected chi connectivity index (χ0v) is 11.8. The fourth-order valence-corrected chi connectivity index (χ4v) is 2.65. The lowest BCUT2D eigenvalue weighted by Crippen LogP contribution is -2.46. The lowest BCUT2D eigenvalue weighted by molar-refractivity contribution is 0.253. The van der Waals surface area contributed by atoms with E-state index in [2.05, 4.69) is 11.2 Å². The molecule has 0 aliphatic carbocycles. The average Bonchev–Trinajstić information content (AvgIpc) is 2.87. The lowest BCUT2D eigenvalue weighted by Gasteiger charge is -2.29. The van der Waals surface area contributed by atoms with Gasteiger partial charge in [-0.2, -0.15) is 10.3 Å². The second-order valence-corrected chi connectivity index (χ2v) is 4.91. The number of anilines is 2. The van der Waals surface area contributed by atoms with Crippen LogP contribution in [0.4, 0.5) is 20.6 Å². The van der Waals surface area contributed by atoms with Gasteiger partial charge in [0, 0.05) is 5.56 Å². The van der Waals surface area contributed by atoms with Crippen molar-refractivity contribution < 1.29 is 9.18 Å². The zero-order valence-electron chi connectivity index (χ0n) is 11.0. The number of hydrazine groups is 1. The topological polar surface area (TPSA) is 86.2 Å². The molecule has 0 atom stereocenters. The molecule has 2 aromatic rings. The number of nitrogens with two attached hydrogens (primary N) is 1. The normalized spacial score (nSPS) is 13.0. The summed E-state index contributed by atoms with van der Waals surface area (Å²) in [6.45, 7) is 0.0709. The fourth-order valence-electron chi connectivity index (χ4n) is 2.38. The van der Waals surface area contributed by atoms with Gasteiger partial charge in [-0.05, 0) is 12.1 Å². The number of nitrogens with zero attached hydrogens (tertiary/aromatic N) is 4.